The molecule has 0 atom stereocenters. The topological polar surface area (TPSA) is 29.3 Å². The fourth-order valence-corrected chi connectivity index (χ4v) is 1.48. The highest BCUT2D eigenvalue weighted by Gasteiger charge is 2.02. The van der Waals surface area contributed by atoms with E-state index in [-0.39, 0.29) is 6.67 Å². The molecule has 0 saturated carbocycles. The van der Waals surface area contributed by atoms with E-state index in [1.54, 1.807) is 0 Å². The molecule has 4 heteroatoms. The fraction of sp³-hybridized carbons (Fsp3) is 0.364. The highest BCUT2D eigenvalue weighted by molar-refractivity contribution is 7.80. The van der Waals surface area contributed by atoms with Crippen LogP contribution in [0.25, 0.3) is 0 Å². The average Bonchev–Trinajstić information content (AvgIpc) is 2.18. The molecular weight excluding hydrogens is 211 g/mol. The summed E-state index contributed by atoms with van der Waals surface area (Å²) in [6.45, 7) is 0.823. The van der Waals surface area contributed by atoms with Crippen LogP contribution in [-0.2, 0) is 6.54 Å². The van der Waals surface area contributed by atoms with E-state index in [0.29, 0.717) is 18.1 Å². The van der Waals surface area contributed by atoms with Gasteiger partial charge >= 0.3 is 0 Å². The molecule has 0 saturated heterocycles. The molecule has 82 valence electrons. The lowest BCUT2D eigenvalue weighted by Gasteiger charge is -2.14. The van der Waals surface area contributed by atoms with Gasteiger partial charge in [0.1, 0.15) is 11.7 Å². The Morgan fingerprint density at radius 2 is 2.27 bits per heavy atom. The molecule has 1 rings (SSSR count). The van der Waals surface area contributed by atoms with Gasteiger partial charge in [-0.3, -0.25) is 4.90 Å². The van der Waals surface area contributed by atoms with Crippen molar-refractivity contribution in [3.63, 3.8) is 0 Å². The second-order valence-corrected chi connectivity index (χ2v) is 3.93. The summed E-state index contributed by atoms with van der Waals surface area (Å²) in [5.74, 6) is 0. The maximum Gasteiger partial charge on any atom is 0.103 e. The first-order valence-corrected chi connectivity index (χ1v) is 5.17. The summed E-state index contributed by atoms with van der Waals surface area (Å²) in [6, 6.07) is 7.71. The Labute approximate surface area is 94.9 Å². The van der Waals surface area contributed by atoms with Gasteiger partial charge in [0.15, 0.2) is 0 Å². The predicted octanol–water partition coefficient (Wildman–Crippen LogP) is 1.72. The zero-order valence-electron chi connectivity index (χ0n) is 8.74. The Hall–Kier alpha value is -1.00. The van der Waals surface area contributed by atoms with E-state index >= 15 is 0 Å². The van der Waals surface area contributed by atoms with Crippen molar-refractivity contribution in [1.82, 2.24) is 4.90 Å². The van der Waals surface area contributed by atoms with E-state index in [1.807, 2.05) is 36.2 Å². The number of thiocarbonyl (C=S) groups is 1. The van der Waals surface area contributed by atoms with Crippen molar-refractivity contribution in [1.29, 1.82) is 0 Å². The monoisotopic (exact) mass is 226 g/mol. The lowest BCUT2D eigenvalue weighted by atomic mass is 10.1. The van der Waals surface area contributed by atoms with Gasteiger partial charge in [0, 0.05) is 18.7 Å². The zero-order valence-corrected chi connectivity index (χ0v) is 9.56. The molecule has 0 spiro atoms. The molecule has 2 nitrogen and oxygen atoms in total. The first-order chi connectivity index (χ1) is 7.13. The van der Waals surface area contributed by atoms with Crippen LogP contribution in [0.3, 0.4) is 0 Å². The first-order valence-electron chi connectivity index (χ1n) is 4.76. The molecule has 0 aromatic heterocycles. The number of nitrogens with zero attached hydrogens (tertiary/aromatic N) is 1. The van der Waals surface area contributed by atoms with E-state index in [1.165, 1.54) is 0 Å². The third-order valence-electron chi connectivity index (χ3n) is 2.13. The van der Waals surface area contributed by atoms with Crippen LogP contribution >= 0.6 is 12.2 Å². The van der Waals surface area contributed by atoms with Gasteiger partial charge in [-0.1, -0.05) is 30.4 Å². The van der Waals surface area contributed by atoms with Crippen molar-refractivity contribution in [2.75, 3.05) is 20.3 Å². The summed E-state index contributed by atoms with van der Waals surface area (Å²) in [7, 11) is 1.88. The lowest BCUT2D eigenvalue weighted by Crippen LogP contribution is -2.20. The molecule has 0 aliphatic heterocycles. The summed E-state index contributed by atoms with van der Waals surface area (Å²) >= 11 is 4.89. The third-order valence-corrected chi connectivity index (χ3v) is 2.37. The van der Waals surface area contributed by atoms with E-state index in [2.05, 4.69) is 0 Å². The van der Waals surface area contributed by atoms with Crippen LogP contribution in [0.4, 0.5) is 4.39 Å². The number of hydrogen-bond acceptors (Lipinski definition) is 2. The number of halogens is 1. The predicted molar refractivity (Wildman–Crippen MR) is 64.6 cm³/mol. The van der Waals surface area contributed by atoms with Gasteiger partial charge in [-0.2, -0.15) is 0 Å². The molecule has 0 heterocycles. The molecule has 0 radical (unpaired) electrons. The minimum absolute atomic E-state index is 0.328. The normalized spacial score (nSPS) is 10.6. The van der Waals surface area contributed by atoms with Crippen molar-refractivity contribution < 1.29 is 4.39 Å². The van der Waals surface area contributed by atoms with Gasteiger partial charge in [-0.15, -0.1) is 0 Å². The molecule has 2 N–H and O–H groups in total. The Morgan fingerprint density at radius 3 is 2.87 bits per heavy atom. The van der Waals surface area contributed by atoms with Gasteiger partial charge in [0.25, 0.3) is 0 Å². The summed E-state index contributed by atoms with van der Waals surface area (Å²) in [5, 5.41) is 0. The lowest BCUT2D eigenvalue weighted by molar-refractivity contribution is 0.289. The van der Waals surface area contributed by atoms with E-state index in [0.717, 1.165) is 11.1 Å². The molecule has 0 bridgehead atoms. The molecule has 15 heavy (non-hydrogen) atoms. The van der Waals surface area contributed by atoms with Gasteiger partial charge in [0.05, 0.1) is 0 Å². The average molecular weight is 226 g/mol. The molecule has 0 unspecified atom stereocenters. The van der Waals surface area contributed by atoms with Crippen LogP contribution in [0.15, 0.2) is 24.3 Å². The second-order valence-electron chi connectivity index (χ2n) is 3.49. The van der Waals surface area contributed by atoms with Crippen molar-refractivity contribution in [3.05, 3.63) is 35.4 Å². The molecule has 1 aromatic rings. The standard InChI is InChI=1S/C11H15FN2S/c1-14(6-5-12)8-9-3-2-4-10(7-9)11(13)15/h2-4,7H,5-6,8H2,1H3,(H2,13,15). The van der Waals surface area contributed by atoms with Crippen LogP contribution in [0.1, 0.15) is 11.1 Å². The van der Waals surface area contributed by atoms with Gasteiger partial charge in [-0.05, 0) is 18.7 Å². The largest absolute Gasteiger partial charge is 0.389 e. The highest BCUT2D eigenvalue weighted by Crippen LogP contribution is 2.07. The first kappa shape index (κ1) is 12.1. The second kappa shape index (κ2) is 5.78. The van der Waals surface area contributed by atoms with Crippen LogP contribution in [-0.4, -0.2) is 30.2 Å². The van der Waals surface area contributed by atoms with Crippen LogP contribution in [0.2, 0.25) is 0 Å². The molecular formula is C11H15FN2S. The molecule has 0 fully saturated rings. The maximum atomic E-state index is 12.1. The minimum Gasteiger partial charge on any atom is -0.389 e. The Balaban J connectivity index is 2.69. The molecule has 0 aliphatic carbocycles. The number of alkyl halides is 1. The molecule has 0 aliphatic rings. The van der Waals surface area contributed by atoms with Crippen LogP contribution in [0, 0.1) is 0 Å². The Kier molecular flexibility index (Phi) is 4.65. The summed E-state index contributed by atoms with van der Waals surface area (Å²) in [5.41, 5.74) is 7.48. The number of rotatable bonds is 5. The Bertz CT molecular complexity index is 341. The number of nitrogens with two attached hydrogens (primary N) is 1. The van der Waals surface area contributed by atoms with E-state index in [4.69, 9.17) is 18.0 Å². The van der Waals surface area contributed by atoms with Crippen LogP contribution in [0.5, 0.6) is 0 Å². The molecule has 1 aromatic carbocycles. The SMILES string of the molecule is CN(CCF)Cc1cccc(C(N)=S)c1. The minimum atomic E-state index is -0.328. The van der Waals surface area contributed by atoms with Crippen molar-refractivity contribution in [3.8, 4) is 0 Å². The smallest absolute Gasteiger partial charge is 0.103 e. The highest BCUT2D eigenvalue weighted by atomic mass is 32.1. The fourth-order valence-electron chi connectivity index (χ4n) is 1.36. The van der Waals surface area contributed by atoms with Crippen molar-refractivity contribution in [2.45, 2.75) is 6.54 Å². The van der Waals surface area contributed by atoms with Gasteiger partial charge < -0.3 is 5.73 Å². The Morgan fingerprint density at radius 1 is 1.53 bits per heavy atom. The van der Waals surface area contributed by atoms with Crippen molar-refractivity contribution >= 4 is 17.2 Å². The van der Waals surface area contributed by atoms with Crippen LogP contribution < -0.4 is 5.73 Å². The zero-order chi connectivity index (χ0) is 11.3. The van der Waals surface area contributed by atoms with E-state index in [9.17, 15) is 4.39 Å². The van der Waals surface area contributed by atoms with Crippen molar-refractivity contribution in [2.24, 2.45) is 5.73 Å². The van der Waals surface area contributed by atoms with Gasteiger partial charge in [-0.25, -0.2) is 4.39 Å². The summed E-state index contributed by atoms with van der Waals surface area (Å²) in [4.78, 5) is 2.31. The summed E-state index contributed by atoms with van der Waals surface area (Å²) in [6.07, 6.45) is 0. The van der Waals surface area contributed by atoms with E-state index < -0.39 is 0 Å². The summed E-state index contributed by atoms with van der Waals surface area (Å²) < 4.78 is 12.1. The van der Waals surface area contributed by atoms with Gasteiger partial charge in [0.2, 0.25) is 0 Å². The molecule has 0 amide bonds. The third kappa shape index (κ3) is 3.93. The maximum absolute atomic E-state index is 12.1. The number of hydrogen-bond donors (Lipinski definition) is 1. The quantitative estimate of drug-likeness (QED) is 0.775. The number of benzene rings is 1.